The number of hydrogen-bond donors (Lipinski definition) is 0. The van der Waals surface area contributed by atoms with Crippen molar-refractivity contribution >= 4 is 38.8 Å². The number of anilines is 3. The standard InChI is InChI=1S/C43H27NO/c1-2-14-30(15-3-1)44(31-23-22-28-12-4-5-13-29(28)26-31)32-24-25-34-33-16-6-9-19-37(33)43(39(34)27-32)38-20-10-7-17-35(38)42-41(43)36-18-8-11-21-40(36)45-42/h1-27H. The minimum atomic E-state index is -0.494. The Kier molecular flexibility index (Phi) is 4.95. The number of hydrogen-bond acceptors (Lipinski definition) is 2. The van der Waals surface area contributed by atoms with Crippen molar-refractivity contribution in [1.82, 2.24) is 0 Å². The van der Waals surface area contributed by atoms with E-state index in [0.717, 1.165) is 28.4 Å². The average Bonchev–Trinajstić information content (AvgIpc) is 3.72. The van der Waals surface area contributed by atoms with Crippen molar-refractivity contribution < 1.29 is 4.42 Å². The maximum atomic E-state index is 6.70. The summed E-state index contributed by atoms with van der Waals surface area (Å²) >= 11 is 0. The molecule has 0 saturated heterocycles. The van der Waals surface area contributed by atoms with Gasteiger partial charge in [0.2, 0.25) is 0 Å². The highest BCUT2D eigenvalue weighted by molar-refractivity contribution is 6.02. The Morgan fingerprint density at radius 3 is 1.91 bits per heavy atom. The molecule has 0 aliphatic heterocycles. The largest absolute Gasteiger partial charge is 0.456 e. The molecule has 45 heavy (non-hydrogen) atoms. The van der Waals surface area contributed by atoms with E-state index in [1.54, 1.807) is 0 Å². The molecule has 1 spiro atoms. The lowest BCUT2D eigenvalue weighted by atomic mass is 9.70. The van der Waals surface area contributed by atoms with Crippen molar-refractivity contribution in [2.75, 3.05) is 4.90 Å². The van der Waals surface area contributed by atoms with Gasteiger partial charge in [0.1, 0.15) is 11.3 Å². The second kappa shape index (κ2) is 9.07. The van der Waals surface area contributed by atoms with Gasteiger partial charge in [-0.25, -0.2) is 0 Å². The Morgan fingerprint density at radius 2 is 1.04 bits per heavy atom. The molecule has 8 aromatic rings. The molecule has 0 fully saturated rings. The monoisotopic (exact) mass is 573 g/mol. The van der Waals surface area contributed by atoms with E-state index in [-0.39, 0.29) is 0 Å². The van der Waals surface area contributed by atoms with Crippen LogP contribution in [0, 0.1) is 0 Å². The molecule has 1 aromatic heterocycles. The molecule has 1 atom stereocenters. The number of rotatable bonds is 3. The zero-order valence-corrected chi connectivity index (χ0v) is 24.4. The first-order valence-electron chi connectivity index (χ1n) is 15.5. The molecular weight excluding hydrogens is 546 g/mol. The Morgan fingerprint density at radius 1 is 0.422 bits per heavy atom. The third-order valence-electron chi connectivity index (χ3n) is 9.84. The average molecular weight is 574 g/mol. The first-order chi connectivity index (χ1) is 22.3. The fourth-order valence-electron chi connectivity index (χ4n) is 8.06. The SMILES string of the molecule is c1ccc(N(c2ccc3c(c2)C2(c4ccccc4-3)c3ccccc3-c3oc4ccccc4c32)c2ccc3ccccc3c2)cc1. The van der Waals surface area contributed by atoms with Crippen LogP contribution in [0.1, 0.15) is 22.3 Å². The number of furan rings is 1. The zero-order chi connectivity index (χ0) is 29.5. The van der Waals surface area contributed by atoms with Gasteiger partial charge in [0.25, 0.3) is 0 Å². The van der Waals surface area contributed by atoms with Crippen LogP contribution < -0.4 is 4.90 Å². The molecule has 2 aliphatic carbocycles. The molecule has 2 aliphatic rings. The Balaban J connectivity index is 1.30. The van der Waals surface area contributed by atoms with E-state index in [1.807, 2.05) is 0 Å². The van der Waals surface area contributed by atoms with Gasteiger partial charge in [-0.2, -0.15) is 0 Å². The summed E-state index contributed by atoms with van der Waals surface area (Å²) in [7, 11) is 0. The third-order valence-corrected chi connectivity index (χ3v) is 9.84. The van der Waals surface area contributed by atoms with E-state index < -0.39 is 5.41 Å². The fourth-order valence-corrected chi connectivity index (χ4v) is 8.06. The lowest BCUT2D eigenvalue weighted by Crippen LogP contribution is -2.26. The number of nitrogens with zero attached hydrogens (tertiary/aromatic N) is 1. The number of benzene rings is 7. The Labute approximate surface area is 261 Å². The first-order valence-corrected chi connectivity index (χ1v) is 15.5. The summed E-state index contributed by atoms with van der Waals surface area (Å²) in [5.74, 6) is 0.981. The second-order valence-electron chi connectivity index (χ2n) is 12.1. The van der Waals surface area contributed by atoms with Crippen molar-refractivity contribution in [2.45, 2.75) is 5.41 Å². The van der Waals surface area contributed by atoms with E-state index >= 15 is 0 Å². The molecular formula is C43H27NO. The second-order valence-corrected chi connectivity index (χ2v) is 12.1. The van der Waals surface area contributed by atoms with Crippen molar-refractivity contribution in [3.8, 4) is 22.5 Å². The van der Waals surface area contributed by atoms with Gasteiger partial charge in [-0.1, -0.05) is 121 Å². The van der Waals surface area contributed by atoms with Crippen LogP contribution in [0.2, 0.25) is 0 Å². The molecule has 10 rings (SSSR count). The summed E-state index contributed by atoms with van der Waals surface area (Å²) in [5, 5.41) is 3.63. The minimum Gasteiger partial charge on any atom is -0.456 e. The topological polar surface area (TPSA) is 16.4 Å². The summed E-state index contributed by atoms with van der Waals surface area (Å²) in [4.78, 5) is 2.39. The smallest absolute Gasteiger partial charge is 0.140 e. The van der Waals surface area contributed by atoms with Crippen molar-refractivity contribution in [3.63, 3.8) is 0 Å². The molecule has 7 aromatic carbocycles. The van der Waals surface area contributed by atoms with Gasteiger partial charge in [0.15, 0.2) is 0 Å². The molecule has 1 unspecified atom stereocenters. The first kappa shape index (κ1) is 24.6. The van der Waals surface area contributed by atoms with Gasteiger partial charge in [-0.15, -0.1) is 0 Å². The predicted molar refractivity (Wildman–Crippen MR) is 185 cm³/mol. The highest BCUT2D eigenvalue weighted by atomic mass is 16.3. The lowest BCUT2D eigenvalue weighted by molar-refractivity contribution is 0.628. The molecule has 0 radical (unpaired) electrons. The summed E-state index contributed by atoms with van der Waals surface area (Å²) in [5.41, 5.74) is 12.7. The van der Waals surface area contributed by atoms with Gasteiger partial charge in [0.05, 0.1) is 5.41 Å². The van der Waals surface area contributed by atoms with Crippen LogP contribution >= 0.6 is 0 Å². The summed E-state index contributed by atoms with van der Waals surface area (Å²) in [6, 6.07) is 59.4. The number of fused-ring (bicyclic) bond motifs is 13. The van der Waals surface area contributed by atoms with Crippen LogP contribution in [0.3, 0.4) is 0 Å². The molecule has 0 bridgehead atoms. The van der Waals surface area contributed by atoms with Gasteiger partial charge < -0.3 is 9.32 Å². The molecule has 2 heteroatoms. The van der Waals surface area contributed by atoms with Gasteiger partial charge in [0, 0.05) is 33.6 Å². The zero-order valence-electron chi connectivity index (χ0n) is 24.4. The highest BCUT2D eigenvalue weighted by Crippen LogP contribution is 2.65. The van der Waals surface area contributed by atoms with Gasteiger partial charge in [-0.05, 0) is 81.1 Å². The van der Waals surface area contributed by atoms with E-state index in [1.165, 1.54) is 55.1 Å². The van der Waals surface area contributed by atoms with Gasteiger partial charge in [-0.3, -0.25) is 0 Å². The molecule has 0 saturated carbocycles. The van der Waals surface area contributed by atoms with E-state index in [2.05, 4.69) is 169 Å². The van der Waals surface area contributed by atoms with Crippen molar-refractivity contribution in [1.29, 1.82) is 0 Å². The Bertz CT molecular complexity index is 2450. The molecule has 2 nitrogen and oxygen atoms in total. The third kappa shape index (κ3) is 3.23. The number of para-hydroxylation sites is 2. The van der Waals surface area contributed by atoms with E-state index in [0.29, 0.717) is 0 Å². The van der Waals surface area contributed by atoms with Crippen LogP contribution in [-0.4, -0.2) is 0 Å². The maximum Gasteiger partial charge on any atom is 0.140 e. The molecule has 0 amide bonds. The van der Waals surface area contributed by atoms with E-state index in [9.17, 15) is 0 Å². The minimum absolute atomic E-state index is 0.494. The van der Waals surface area contributed by atoms with Gasteiger partial charge >= 0.3 is 0 Å². The highest BCUT2D eigenvalue weighted by Gasteiger charge is 2.54. The normalized spacial score (nSPS) is 15.6. The van der Waals surface area contributed by atoms with Crippen LogP contribution in [0.25, 0.3) is 44.2 Å². The van der Waals surface area contributed by atoms with Crippen LogP contribution in [0.15, 0.2) is 168 Å². The van der Waals surface area contributed by atoms with E-state index in [4.69, 9.17) is 4.42 Å². The molecule has 210 valence electrons. The quantitative estimate of drug-likeness (QED) is 0.209. The lowest BCUT2D eigenvalue weighted by Gasteiger charge is -2.31. The van der Waals surface area contributed by atoms with Crippen LogP contribution in [0.4, 0.5) is 17.1 Å². The summed E-state index contributed by atoms with van der Waals surface area (Å²) in [6.07, 6.45) is 0. The fraction of sp³-hybridized carbons (Fsp3) is 0.0233. The van der Waals surface area contributed by atoms with Crippen LogP contribution in [-0.2, 0) is 5.41 Å². The molecule has 1 heterocycles. The van der Waals surface area contributed by atoms with Crippen LogP contribution in [0.5, 0.6) is 0 Å². The predicted octanol–water partition coefficient (Wildman–Crippen LogP) is 11.4. The maximum absolute atomic E-state index is 6.70. The molecule has 0 N–H and O–H groups in total. The van der Waals surface area contributed by atoms with Crippen molar-refractivity contribution in [3.05, 3.63) is 186 Å². The Hall–Kier alpha value is -5.86. The summed E-state index contributed by atoms with van der Waals surface area (Å²) < 4.78 is 6.70. The van der Waals surface area contributed by atoms with Crippen molar-refractivity contribution in [2.24, 2.45) is 0 Å². The summed E-state index contributed by atoms with van der Waals surface area (Å²) in [6.45, 7) is 0.